The number of aromatic nitrogens is 2. The second-order valence-electron chi connectivity index (χ2n) is 15.9. The Labute approximate surface area is 338 Å². The smallest absolute Gasteiger partial charge is 0.417 e. The van der Waals surface area contributed by atoms with E-state index >= 15 is 0 Å². The van der Waals surface area contributed by atoms with Crippen molar-refractivity contribution >= 4 is 23.5 Å². The van der Waals surface area contributed by atoms with E-state index in [1.165, 1.54) is 11.1 Å². The fourth-order valence-electron chi connectivity index (χ4n) is 9.42. The van der Waals surface area contributed by atoms with Crippen molar-refractivity contribution in [1.82, 2.24) is 19.8 Å². The number of rotatable bonds is 10. The molecule has 4 unspecified atom stereocenters. The average Bonchev–Trinajstić information content (AvgIpc) is 3.28. The van der Waals surface area contributed by atoms with Gasteiger partial charge in [-0.05, 0) is 99.1 Å². The number of ether oxygens (including phenoxy) is 4. The number of pyridine rings is 2. The van der Waals surface area contributed by atoms with Crippen LogP contribution in [0.4, 0.5) is 0 Å². The molecular formula is C46H50N4O8. The molecule has 0 bridgehead atoms. The van der Waals surface area contributed by atoms with E-state index in [1.807, 2.05) is 36.4 Å². The minimum atomic E-state index is -0.985. The molecule has 2 aromatic carbocycles. The van der Waals surface area contributed by atoms with Crippen molar-refractivity contribution < 1.29 is 38.1 Å². The monoisotopic (exact) mass is 786 g/mol. The van der Waals surface area contributed by atoms with Crippen molar-refractivity contribution in [2.24, 2.45) is 11.8 Å². The summed E-state index contributed by atoms with van der Waals surface area (Å²) in [6, 6.07) is 22.9. The molecule has 0 radical (unpaired) electrons. The summed E-state index contributed by atoms with van der Waals surface area (Å²) in [4.78, 5) is 67.3. The van der Waals surface area contributed by atoms with Gasteiger partial charge in [0.2, 0.25) is 11.8 Å². The van der Waals surface area contributed by atoms with Crippen molar-refractivity contribution in [3.8, 4) is 11.8 Å². The van der Waals surface area contributed by atoms with Gasteiger partial charge in [0.15, 0.2) is 11.6 Å². The van der Waals surface area contributed by atoms with Gasteiger partial charge in [-0.3, -0.25) is 19.4 Å². The van der Waals surface area contributed by atoms with Crippen LogP contribution in [0, 0.1) is 11.8 Å². The van der Waals surface area contributed by atoms with Gasteiger partial charge in [-0.2, -0.15) is 0 Å². The van der Waals surface area contributed by atoms with Crippen LogP contribution in [-0.4, -0.2) is 108 Å². The Kier molecular flexibility index (Phi) is 11.9. The maximum Gasteiger partial charge on any atom is 0.417 e. The molecule has 0 amide bonds. The molecule has 2 aromatic heterocycles. The largest absolute Gasteiger partial charge is 0.481 e. The second kappa shape index (κ2) is 17.6. The minimum absolute atomic E-state index is 0.0714. The number of carbonyl (C=O) groups excluding carboxylic acids is 4. The molecule has 8 rings (SSSR count). The number of benzene rings is 2. The molecule has 0 N–H and O–H groups in total. The molecule has 2 saturated heterocycles. The lowest BCUT2D eigenvalue weighted by molar-refractivity contribution is -0.178. The summed E-state index contributed by atoms with van der Waals surface area (Å²) < 4.78 is 22.5. The Balaban J connectivity index is 0.921. The van der Waals surface area contributed by atoms with E-state index in [0.29, 0.717) is 100 Å². The summed E-state index contributed by atoms with van der Waals surface area (Å²) in [5.74, 6) is -1.17. The number of methoxy groups -OCH3 is 2. The first kappa shape index (κ1) is 39.4. The van der Waals surface area contributed by atoms with Crippen molar-refractivity contribution in [2.45, 2.75) is 75.7 Å². The molecule has 0 spiro atoms. The Morgan fingerprint density at radius 2 is 0.879 bits per heavy atom. The van der Waals surface area contributed by atoms with Crippen LogP contribution in [0.2, 0.25) is 0 Å². The summed E-state index contributed by atoms with van der Waals surface area (Å²) in [6.45, 7) is 2.64. The van der Waals surface area contributed by atoms with Crippen molar-refractivity contribution in [2.75, 3.05) is 40.4 Å². The highest BCUT2D eigenvalue weighted by Crippen LogP contribution is 2.33. The average molecular weight is 787 g/mol. The fourth-order valence-corrected chi connectivity index (χ4v) is 9.42. The van der Waals surface area contributed by atoms with Gasteiger partial charge in [-0.1, -0.05) is 48.5 Å². The number of hydrogen-bond acceptors (Lipinski definition) is 12. The maximum absolute atomic E-state index is 13.8. The third-order valence-electron chi connectivity index (χ3n) is 12.7. The standard InChI is InChI=1S/C46H50N4O8/c1-55-41-13-11-35(27-47-41)43(51)29-15-19-49(20-16-29)37-23-31-7-3-5-9-33(31)25-39(37)57-45(53)46(54)58-40-26-34-10-6-4-8-32(34)24-38(40)50-21-17-30(18-22-50)44(52)36-12-14-42(56-2)48-28-36/h3-14,27-30,37-40H,15-26H2,1-2H3. The number of piperidine rings is 2. The lowest BCUT2D eigenvalue weighted by atomic mass is 9.82. The zero-order chi connectivity index (χ0) is 40.2. The summed E-state index contributed by atoms with van der Waals surface area (Å²) in [5, 5.41) is 0. The number of hydrogen-bond donors (Lipinski definition) is 0. The first-order chi connectivity index (χ1) is 28.3. The van der Waals surface area contributed by atoms with E-state index in [1.54, 1.807) is 50.9 Å². The van der Waals surface area contributed by atoms with Gasteiger partial charge in [0.25, 0.3) is 0 Å². The van der Waals surface area contributed by atoms with Gasteiger partial charge in [0.05, 0.1) is 26.3 Å². The van der Waals surface area contributed by atoms with Gasteiger partial charge in [0.1, 0.15) is 12.2 Å². The van der Waals surface area contributed by atoms with Crippen LogP contribution in [0.25, 0.3) is 0 Å². The van der Waals surface area contributed by atoms with Crippen LogP contribution in [0.1, 0.15) is 68.7 Å². The fraction of sp³-hybridized carbons (Fsp3) is 0.435. The van der Waals surface area contributed by atoms with Gasteiger partial charge in [-0.25, -0.2) is 19.6 Å². The number of ketones is 2. The molecule has 12 heteroatoms. The number of Topliss-reactive ketones (excluding diaryl/α,β-unsaturated/α-hetero) is 2. The first-order valence-corrected chi connectivity index (χ1v) is 20.4. The van der Waals surface area contributed by atoms with Crippen LogP contribution in [0.3, 0.4) is 0 Å². The Morgan fingerprint density at radius 3 is 1.21 bits per heavy atom. The minimum Gasteiger partial charge on any atom is -0.481 e. The number of nitrogens with zero attached hydrogens (tertiary/aromatic N) is 4. The summed E-state index contributed by atoms with van der Waals surface area (Å²) in [7, 11) is 3.09. The second-order valence-corrected chi connectivity index (χ2v) is 15.9. The van der Waals surface area contributed by atoms with Crippen LogP contribution < -0.4 is 9.47 Å². The predicted molar refractivity (Wildman–Crippen MR) is 214 cm³/mol. The predicted octanol–water partition coefficient (Wildman–Crippen LogP) is 5.14. The Bertz CT molecular complexity index is 1960. The highest BCUT2D eigenvalue weighted by molar-refractivity contribution is 6.29. The van der Waals surface area contributed by atoms with Gasteiger partial charge < -0.3 is 18.9 Å². The van der Waals surface area contributed by atoms with Gasteiger partial charge in [0, 0.05) is 60.3 Å². The molecule has 2 fully saturated rings. The Morgan fingerprint density at radius 1 is 0.517 bits per heavy atom. The molecule has 4 aromatic rings. The van der Waals surface area contributed by atoms with E-state index < -0.39 is 24.1 Å². The number of esters is 2. The Hall–Kier alpha value is -5.46. The normalized spacial score (nSPS) is 22.9. The molecule has 302 valence electrons. The zero-order valence-electron chi connectivity index (χ0n) is 33.1. The number of carbonyl (C=O) groups is 4. The molecule has 4 heterocycles. The number of fused-ring (bicyclic) bond motifs is 2. The molecule has 2 aliphatic heterocycles. The van der Waals surface area contributed by atoms with Crippen LogP contribution in [0.15, 0.2) is 85.2 Å². The lowest BCUT2D eigenvalue weighted by Crippen LogP contribution is -2.54. The van der Waals surface area contributed by atoms with E-state index in [9.17, 15) is 19.2 Å². The maximum atomic E-state index is 13.8. The highest BCUT2D eigenvalue weighted by Gasteiger charge is 2.42. The molecule has 58 heavy (non-hydrogen) atoms. The summed E-state index contributed by atoms with van der Waals surface area (Å²) in [5.41, 5.74) is 5.72. The quantitative estimate of drug-likeness (QED) is 0.120. The number of likely N-dealkylation sites (tertiary alicyclic amines) is 2. The van der Waals surface area contributed by atoms with E-state index in [4.69, 9.17) is 18.9 Å². The topological polar surface area (TPSA) is 137 Å². The zero-order valence-corrected chi connectivity index (χ0v) is 33.1. The summed E-state index contributed by atoms with van der Waals surface area (Å²) >= 11 is 0. The molecule has 4 aliphatic rings. The van der Waals surface area contributed by atoms with Crippen molar-refractivity contribution in [3.05, 3.63) is 119 Å². The van der Waals surface area contributed by atoms with E-state index in [2.05, 4.69) is 31.9 Å². The van der Waals surface area contributed by atoms with Crippen LogP contribution in [-0.2, 0) is 44.7 Å². The lowest BCUT2D eigenvalue weighted by Gasteiger charge is -2.43. The molecule has 4 atom stereocenters. The molecule has 2 aliphatic carbocycles. The third kappa shape index (κ3) is 8.54. The van der Waals surface area contributed by atoms with Crippen LogP contribution >= 0.6 is 0 Å². The summed E-state index contributed by atoms with van der Waals surface area (Å²) in [6.07, 6.45) is 6.98. The van der Waals surface area contributed by atoms with Crippen molar-refractivity contribution in [1.29, 1.82) is 0 Å². The van der Waals surface area contributed by atoms with E-state index in [-0.39, 0.29) is 35.5 Å². The SMILES string of the molecule is COc1ccc(C(=O)C2CCN(C3Cc4ccccc4CC3OC(=O)C(=O)OC3Cc4ccccc4CC3N3CCC(C(=O)c4ccc(OC)nc4)CC3)CC2)cn1. The van der Waals surface area contributed by atoms with Gasteiger partial charge in [-0.15, -0.1) is 0 Å². The highest BCUT2D eigenvalue weighted by atomic mass is 16.6. The molecule has 0 saturated carbocycles. The first-order valence-electron chi connectivity index (χ1n) is 20.4. The van der Waals surface area contributed by atoms with Crippen LogP contribution in [0.5, 0.6) is 11.8 Å². The van der Waals surface area contributed by atoms with E-state index in [0.717, 1.165) is 11.1 Å². The van der Waals surface area contributed by atoms with Gasteiger partial charge >= 0.3 is 11.9 Å². The van der Waals surface area contributed by atoms with Crippen molar-refractivity contribution in [3.63, 3.8) is 0 Å². The molecule has 12 nitrogen and oxygen atoms in total. The molecular weight excluding hydrogens is 737 g/mol. The third-order valence-corrected chi connectivity index (χ3v) is 12.7.